The largest absolute Gasteiger partial charge is 0.291 e. The first kappa shape index (κ1) is 18.9. The predicted molar refractivity (Wildman–Crippen MR) is 103 cm³/mol. The van der Waals surface area contributed by atoms with E-state index in [0.717, 1.165) is 10.5 Å². The second-order valence-corrected chi connectivity index (χ2v) is 7.02. The van der Waals surface area contributed by atoms with Gasteiger partial charge in [0.1, 0.15) is 0 Å². The Kier molecular flexibility index (Phi) is 6.45. The third-order valence-corrected chi connectivity index (χ3v) is 4.72. The highest BCUT2D eigenvalue weighted by Gasteiger charge is 2.12. The molecule has 9 heteroatoms. The molecule has 7 nitrogen and oxygen atoms in total. The predicted octanol–water partition coefficient (Wildman–Crippen LogP) is 2.53. The van der Waals surface area contributed by atoms with Crippen molar-refractivity contribution in [1.82, 2.24) is 25.8 Å². The molecular formula is C18H16ClN5O2S. The van der Waals surface area contributed by atoms with E-state index in [-0.39, 0.29) is 17.4 Å². The van der Waals surface area contributed by atoms with Crippen LogP contribution < -0.4 is 10.9 Å². The van der Waals surface area contributed by atoms with Gasteiger partial charge in [-0.3, -0.25) is 20.4 Å². The second-order valence-electron chi connectivity index (χ2n) is 5.53. The Morgan fingerprint density at radius 2 is 1.78 bits per heavy atom. The summed E-state index contributed by atoms with van der Waals surface area (Å²) in [5, 5.41) is 8.38. The van der Waals surface area contributed by atoms with Crippen LogP contribution in [0.25, 0.3) is 0 Å². The molecule has 0 bridgehead atoms. The molecule has 3 rings (SSSR count). The van der Waals surface area contributed by atoms with Gasteiger partial charge in [-0.05, 0) is 29.8 Å². The summed E-state index contributed by atoms with van der Waals surface area (Å²) in [6, 6.07) is 16.9. The van der Waals surface area contributed by atoms with Crippen molar-refractivity contribution in [1.29, 1.82) is 0 Å². The molecule has 2 aromatic carbocycles. The van der Waals surface area contributed by atoms with Gasteiger partial charge in [0.15, 0.2) is 5.69 Å². The number of hydrogen-bond acceptors (Lipinski definition) is 5. The van der Waals surface area contributed by atoms with Crippen molar-refractivity contribution >= 4 is 35.2 Å². The zero-order valence-electron chi connectivity index (χ0n) is 14.1. The Bertz CT molecular complexity index is 915. The Labute approximate surface area is 165 Å². The third-order valence-electron chi connectivity index (χ3n) is 3.46. The zero-order valence-corrected chi connectivity index (χ0v) is 15.7. The van der Waals surface area contributed by atoms with Crippen LogP contribution in [0.2, 0.25) is 5.02 Å². The zero-order chi connectivity index (χ0) is 19.1. The van der Waals surface area contributed by atoms with Crippen LogP contribution in [0.3, 0.4) is 0 Å². The minimum atomic E-state index is -0.529. The van der Waals surface area contributed by atoms with Crippen LogP contribution in [-0.2, 0) is 11.3 Å². The molecule has 0 spiro atoms. The average molecular weight is 402 g/mol. The van der Waals surface area contributed by atoms with Crippen LogP contribution in [0.1, 0.15) is 16.1 Å². The highest BCUT2D eigenvalue weighted by Crippen LogP contribution is 2.19. The molecule has 1 aromatic heterocycles. The molecule has 2 N–H and O–H groups in total. The number of benzene rings is 2. The molecule has 3 aromatic rings. The summed E-state index contributed by atoms with van der Waals surface area (Å²) in [4.78, 5) is 24.8. The molecular weight excluding hydrogens is 386 g/mol. The number of aromatic nitrogens is 3. The van der Waals surface area contributed by atoms with E-state index in [1.165, 1.54) is 18.0 Å². The number of carbonyl (C=O) groups excluding carboxylic acids is 2. The van der Waals surface area contributed by atoms with Crippen molar-refractivity contribution in [3.63, 3.8) is 0 Å². The molecule has 0 fully saturated rings. The number of nitrogens with zero attached hydrogens (tertiary/aromatic N) is 3. The molecule has 27 heavy (non-hydrogen) atoms. The molecule has 2 amide bonds. The van der Waals surface area contributed by atoms with Gasteiger partial charge in [-0.2, -0.15) is 0 Å². The van der Waals surface area contributed by atoms with E-state index in [1.807, 2.05) is 42.5 Å². The molecule has 0 atom stereocenters. The van der Waals surface area contributed by atoms with Gasteiger partial charge in [-0.15, -0.1) is 16.9 Å². The molecule has 0 aliphatic heterocycles. The summed E-state index contributed by atoms with van der Waals surface area (Å²) in [5.74, 6) is -0.707. The van der Waals surface area contributed by atoms with E-state index in [9.17, 15) is 9.59 Å². The number of carbonyl (C=O) groups is 2. The standard InChI is InChI=1S/C18H16ClN5O2S/c19-14-6-8-15(9-7-14)27-12-17(25)21-22-18(26)16-11-24(23-20-16)10-13-4-2-1-3-5-13/h1-9,11H,10,12H2,(H,21,25)(H,22,26). The topological polar surface area (TPSA) is 88.9 Å². The molecule has 1 heterocycles. The van der Waals surface area contributed by atoms with Crippen molar-refractivity contribution in [2.45, 2.75) is 11.4 Å². The van der Waals surface area contributed by atoms with E-state index in [4.69, 9.17) is 11.6 Å². The maximum absolute atomic E-state index is 12.1. The van der Waals surface area contributed by atoms with Gasteiger partial charge in [0.2, 0.25) is 5.91 Å². The number of nitrogens with one attached hydrogen (secondary N) is 2. The van der Waals surface area contributed by atoms with Crippen LogP contribution in [0, 0.1) is 0 Å². The smallest absolute Gasteiger partial charge is 0.272 e. The van der Waals surface area contributed by atoms with Crippen LogP contribution in [0.15, 0.2) is 65.7 Å². The number of hydrazine groups is 1. The highest BCUT2D eigenvalue weighted by atomic mass is 35.5. The van der Waals surface area contributed by atoms with Gasteiger partial charge in [-0.1, -0.05) is 47.1 Å². The second kappa shape index (κ2) is 9.20. The van der Waals surface area contributed by atoms with Gasteiger partial charge >= 0.3 is 0 Å². The monoisotopic (exact) mass is 401 g/mol. The van der Waals surface area contributed by atoms with E-state index >= 15 is 0 Å². The average Bonchev–Trinajstić information content (AvgIpc) is 3.15. The van der Waals surface area contributed by atoms with Crippen molar-refractivity contribution in [2.75, 3.05) is 5.75 Å². The van der Waals surface area contributed by atoms with Crippen molar-refractivity contribution < 1.29 is 9.59 Å². The molecule has 0 radical (unpaired) electrons. The lowest BCUT2D eigenvalue weighted by Gasteiger charge is -2.05. The van der Waals surface area contributed by atoms with Crippen LogP contribution >= 0.6 is 23.4 Å². The van der Waals surface area contributed by atoms with Crippen molar-refractivity contribution in [3.8, 4) is 0 Å². The lowest BCUT2D eigenvalue weighted by molar-refractivity contribution is -0.119. The SMILES string of the molecule is O=C(CSc1ccc(Cl)cc1)NNC(=O)c1cn(Cc2ccccc2)nn1. The maximum Gasteiger partial charge on any atom is 0.291 e. The number of halogens is 1. The van der Waals surface area contributed by atoms with E-state index in [0.29, 0.717) is 11.6 Å². The summed E-state index contributed by atoms with van der Waals surface area (Å²) in [5.41, 5.74) is 5.86. The van der Waals surface area contributed by atoms with Gasteiger partial charge in [0.05, 0.1) is 18.5 Å². The number of rotatable bonds is 6. The van der Waals surface area contributed by atoms with E-state index in [2.05, 4.69) is 21.2 Å². The fourth-order valence-corrected chi connectivity index (χ4v) is 2.98. The first-order valence-corrected chi connectivity index (χ1v) is 9.38. The fraction of sp³-hybridized carbons (Fsp3) is 0.111. The number of amides is 2. The normalized spacial score (nSPS) is 10.4. The van der Waals surface area contributed by atoms with Gasteiger partial charge in [-0.25, -0.2) is 4.68 Å². The number of hydrogen-bond donors (Lipinski definition) is 2. The summed E-state index contributed by atoms with van der Waals surface area (Å²) >= 11 is 7.15. The third kappa shape index (κ3) is 5.83. The van der Waals surface area contributed by atoms with Gasteiger partial charge < -0.3 is 0 Å². The van der Waals surface area contributed by atoms with Crippen LogP contribution in [0.5, 0.6) is 0 Å². The minimum absolute atomic E-state index is 0.122. The summed E-state index contributed by atoms with van der Waals surface area (Å²) < 4.78 is 1.56. The van der Waals surface area contributed by atoms with Gasteiger partial charge in [0.25, 0.3) is 5.91 Å². The molecule has 0 aliphatic carbocycles. The fourth-order valence-electron chi connectivity index (χ4n) is 2.16. The van der Waals surface area contributed by atoms with Crippen LogP contribution in [-0.4, -0.2) is 32.6 Å². The van der Waals surface area contributed by atoms with E-state index in [1.54, 1.807) is 16.8 Å². The van der Waals surface area contributed by atoms with Gasteiger partial charge in [0, 0.05) is 9.92 Å². The van der Waals surface area contributed by atoms with Crippen molar-refractivity contribution in [3.05, 3.63) is 77.1 Å². The Morgan fingerprint density at radius 3 is 2.52 bits per heavy atom. The molecule has 0 saturated carbocycles. The minimum Gasteiger partial charge on any atom is -0.272 e. The Hall–Kier alpha value is -2.84. The summed E-state index contributed by atoms with van der Waals surface area (Å²) in [7, 11) is 0. The molecule has 0 aliphatic rings. The summed E-state index contributed by atoms with van der Waals surface area (Å²) in [6.45, 7) is 0.505. The lowest BCUT2D eigenvalue weighted by Crippen LogP contribution is -2.42. The first-order valence-electron chi connectivity index (χ1n) is 8.02. The summed E-state index contributed by atoms with van der Waals surface area (Å²) in [6.07, 6.45) is 1.52. The first-order chi connectivity index (χ1) is 13.1. The quantitative estimate of drug-likeness (QED) is 0.489. The lowest BCUT2D eigenvalue weighted by atomic mass is 10.2. The number of thioether (sulfide) groups is 1. The Balaban J connectivity index is 1.44. The molecule has 0 unspecified atom stereocenters. The molecule has 0 saturated heterocycles. The van der Waals surface area contributed by atoms with Crippen LogP contribution in [0.4, 0.5) is 0 Å². The Morgan fingerprint density at radius 1 is 1.04 bits per heavy atom. The molecule has 138 valence electrons. The van der Waals surface area contributed by atoms with E-state index < -0.39 is 5.91 Å². The highest BCUT2D eigenvalue weighted by molar-refractivity contribution is 8.00. The maximum atomic E-state index is 12.1. The van der Waals surface area contributed by atoms with Crippen molar-refractivity contribution in [2.24, 2.45) is 0 Å².